The number of carboxylic acids is 1. The summed E-state index contributed by atoms with van der Waals surface area (Å²) in [6.07, 6.45) is 2.02. The minimum Gasteiger partial charge on any atom is -0.480 e. The number of hydrogen-bond acceptors (Lipinski definition) is 2. The molecule has 5 nitrogen and oxygen atoms in total. The SMILES string of the molecule is Cc1cccc(CC(=O)NC(Cc2c[nH]c3ccccc23)C(=O)O)c1Cl. The summed E-state index contributed by atoms with van der Waals surface area (Å²) in [5.74, 6) is -1.44. The van der Waals surface area contributed by atoms with E-state index in [1.807, 2.05) is 43.3 Å². The zero-order chi connectivity index (χ0) is 18.7. The molecule has 0 aliphatic rings. The normalized spacial score (nSPS) is 12.1. The molecule has 26 heavy (non-hydrogen) atoms. The Kier molecular flexibility index (Phi) is 5.28. The lowest BCUT2D eigenvalue weighted by Gasteiger charge is -2.15. The number of nitrogens with one attached hydrogen (secondary N) is 2. The molecule has 3 aromatic rings. The van der Waals surface area contributed by atoms with Crippen molar-refractivity contribution in [3.8, 4) is 0 Å². The van der Waals surface area contributed by atoms with E-state index < -0.39 is 12.0 Å². The number of aliphatic carboxylic acids is 1. The molecule has 1 atom stereocenters. The van der Waals surface area contributed by atoms with Crippen LogP contribution in [0.1, 0.15) is 16.7 Å². The molecule has 0 saturated heterocycles. The van der Waals surface area contributed by atoms with Crippen LogP contribution >= 0.6 is 11.6 Å². The first-order valence-electron chi connectivity index (χ1n) is 8.27. The van der Waals surface area contributed by atoms with Crippen LogP contribution in [-0.4, -0.2) is 28.0 Å². The lowest BCUT2D eigenvalue weighted by molar-refractivity contribution is -0.141. The monoisotopic (exact) mass is 370 g/mol. The van der Waals surface area contributed by atoms with Gasteiger partial charge in [-0.2, -0.15) is 0 Å². The Balaban J connectivity index is 1.73. The lowest BCUT2D eigenvalue weighted by atomic mass is 10.0. The third kappa shape index (κ3) is 3.89. The second-order valence-corrected chi connectivity index (χ2v) is 6.62. The Labute approximate surface area is 156 Å². The highest BCUT2D eigenvalue weighted by molar-refractivity contribution is 6.32. The molecule has 0 fully saturated rings. The predicted octanol–water partition coefficient (Wildman–Crippen LogP) is 3.48. The van der Waals surface area contributed by atoms with Crippen LogP contribution in [0.2, 0.25) is 5.02 Å². The van der Waals surface area contributed by atoms with E-state index in [9.17, 15) is 14.7 Å². The zero-order valence-corrected chi connectivity index (χ0v) is 15.0. The molecule has 3 rings (SSSR count). The topological polar surface area (TPSA) is 82.2 Å². The summed E-state index contributed by atoms with van der Waals surface area (Å²) in [5.41, 5.74) is 3.34. The maximum Gasteiger partial charge on any atom is 0.326 e. The molecule has 1 unspecified atom stereocenters. The zero-order valence-electron chi connectivity index (χ0n) is 14.3. The number of amides is 1. The molecule has 0 aliphatic carbocycles. The van der Waals surface area contributed by atoms with Crippen LogP contribution in [0.3, 0.4) is 0 Å². The maximum absolute atomic E-state index is 12.3. The van der Waals surface area contributed by atoms with Crippen molar-refractivity contribution < 1.29 is 14.7 Å². The van der Waals surface area contributed by atoms with Gasteiger partial charge in [0, 0.05) is 28.5 Å². The second-order valence-electron chi connectivity index (χ2n) is 6.25. The molecule has 0 aliphatic heterocycles. The molecule has 3 N–H and O–H groups in total. The van der Waals surface area contributed by atoms with Crippen LogP contribution in [0.4, 0.5) is 0 Å². The standard InChI is InChI=1S/C20H19ClN2O3/c1-12-5-4-6-13(19(12)21)10-18(24)23-17(20(25)26)9-14-11-22-16-8-3-2-7-15(14)16/h2-8,11,17,22H,9-10H2,1H3,(H,23,24)(H,25,26). The second kappa shape index (κ2) is 7.62. The number of aromatic nitrogens is 1. The minimum absolute atomic E-state index is 0.0399. The molecule has 0 spiro atoms. The third-order valence-corrected chi connectivity index (χ3v) is 4.90. The van der Waals surface area contributed by atoms with Crippen molar-refractivity contribution in [2.24, 2.45) is 0 Å². The number of H-pyrrole nitrogens is 1. The molecular weight excluding hydrogens is 352 g/mol. The molecule has 0 bridgehead atoms. The number of aromatic amines is 1. The summed E-state index contributed by atoms with van der Waals surface area (Å²) >= 11 is 6.22. The van der Waals surface area contributed by atoms with E-state index in [0.29, 0.717) is 10.6 Å². The summed E-state index contributed by atoms with van der Waals surface area (Å²) < 4.78 is 0. The van der Waals surface area contributed by atoms with Crippen LogP contribution in [0, 0.1) is 6.92 Å². The molecule has 0 radical (unpaired) electrons. The van der Waals surface area contributed by atoms with Gasteiger partial charge in [-0.1, -0.05) is 48.0 Å². The summed E-state index contributed by atoms with van der Waals surface area (Å²) in [6.45, 7) is 1.86. The minimum atomic E-state index is -1.07. The Morgan fingerprint density at radius 1 is 1.15 bits per heavy atom. The number of fused-ring (bicyclic) bond motifs is 1. The summed E-state index contributed by atoms with van der Waals surface area (Å²) in [5, 5.41) is 13.6. The first kappa shape index (κ1) is 18.0. The van der Waals surface area contributed by atoms with E-state index in [-0.39, 0.29) is 18.7 Å². The summed E-state index contributed by atoms with van der Waals surface area (Å²) in [7, 11) is 0. The number of benzene rings is 2. The molecule has 134 valence electrons. The molecule has 1 amide bonds. The highest BCUT2D eigenvalue weighted by Crippen LogP contribution is 2.21. The highest BCUT2D eigenvalue weighted by Gasteiger charge is 2.22. The van der Waals surface area contributed by atoms with Gasteiger partial charge in [-0.15, -0.1) is 0 Å². The van der Waals surface area contributed by atoms with Gasteiger partial charge >= 0.3 is 5.97 Å². The van der Waals surface area contributed by atoms with Crippen molar-refractivity contribution in [3.05, 3.63) is 70.4 Å². The molecule has 2 aromatic carbocycles. The number of carbonyl (C=O) groups excluding carboxylic acids is 1. The maximum atomic E-state index is 12.3. The van der Waals surface area contributed by atoms with Crippen molar-refractivity contribution in [2.45, 2.75) is 25.8 Å². The van der Waals surface area contributed by atoms with Crippen LogP contribution < -0.4 is 5.32 Å². The number of hydrogen-bond donors (Lipinski definition) is 3. The molecular formula is C20H19ClN2O3. The summed E-state index contributed by atoms with van der Waals surface area (Å²) in [6, 6.07) is 12.1. The van der Waals surface area contributed by atoms with E-state index in [0.717, 1.165) is 22.0 Å². The van der Waals surface area contributed by atoms with Gasteiger partial charge < -0.3 is 15.4 Å². The molecule has 6 heteroatoms. The smallest absolute Gasteiger partial charge is 0.326 e. The van der Waals surface area contributed by atoms with Crippen molar-refractivity contribution in [1.29, 1.82) is 0 Å². The largest absolute Gasteiger partial charge is 0.480 e. The lowest BCUT2D eigenvalue weighted by Crippen LogP contribution is -2.43. The van der Waals surface area contributed by atoms with E-state index in [2.05, 4.69) is 10.3 Å². The van der Waals surface area contributed by atoms with E-state index in [1.54, 1.807) is 12.3 Å². The average Bonchev–Trinajstić information content (AvgIpc) is 3.01. The van der Waals surface area contributed by atoms with Gasteiger partial charge in [-0.25, -0.2) is 4.79 Å². The van der Waals surface area contributed by atoms with Crippen molar-refractivity contribution in [2.75, 3.05) is 0 Å². The first-order valence-corrected chi connectivity index (χ1v) is 8.64. The van der Waals surface area contributed by atoms with Gasteiger partial charge in [0.15, 0.2) is 0 Å². The number of carbonyl (C=O) groups is 2. The van der Waals surface area contributed by atoms with Crippen LogP contribution in [-0.2, 0) is 22.4 Å². The number of rotatable bonds is 6. The third-order valence-electron chi connectivity index (χ3n) is 4.36. The van der Waals surface area contributed by atoms with Crippen molar-refractivity contribution >= 4 is 34.4 Å². The number of para-hydroxylation sites is 1. The summed E-state index contributed by atoms with van der Waals surface area (Å²) in [4.78, 5) is 27.1. The fourth-order valence-corrected chi connectivity index (χ4v) is 3.18. The van der Waals surface area contributed by atoms with E-state index in [1.165, 1.54) is 0 Å². The quantitative estimate of drug-likeness (QED) is 0.621. The molecule has 0 saturated carbocycles. The Hall–Kier alpha value is -2.79. The highest BCUT2D eigenvalue weighted by atomic mass is 35.5. The number of carboxylic acid groups (broad SMARTS) is 1. The van der Waals surface area contributed by atoms with Gasteiger partial charge in [-0.05, 0) is 29.7 Å². The van der Waals surface area contributed by atoms with Gasteiger partial charge in [0.1, 0.15) is 6.04 Å². The average molecular weight is 371 g/mol. The number of aryl methyl sites for hydroxylation is 1. The first-order chi connectivity index (χ1) is 12.5. The predicted molar refractivity (Wildman–Crippen MR) is 101 cm³/mol. The fourth-order valence-electron chi connectivity index (χ4n) is 2.98. The van der Waals surface area contributed by atoms with E-state index >= 15 is 0 Å². The van der Waals surface area contributed by atoms with E-state index in [4.69, 9.17) is 11.6 Å². The van der Waals surface area contributed by atoms with Crippen molar-refractivity contribution in [1.82, 2.24) is 10.3 Å². The fraction of sp³-hybridized carbons (Fsp3) is 0.200. The van der Waals surface area contributed by atoms with Gasteiger partial charge in [0.25, 0.3) is 0 Å². The Morgan fingerprint density at radius 3 is 2.69 bits per heavy atom. The number of halogens is 1. The molecule has 1 aromatic heterocycles. The molecule has 1 heterocycles. The Morgan fingerprint density at radius 2 is 1.92 bits per heavy atom. The van der Waals surface area contributed by atoms with Crippen LogP contribution in [0.15, 0.2) is 48.7 Å². The van der Waals surface area contributed by atoms with Gasteiger partial charge in [0.2, 0.25) is 5.91 Å². The van der Waals surface area contributed by atoms with Gasteiger partial charge in [-0.3, -0.25) is 4.79 Å². The van der Waals surface area contributed by atoms with Crippen LogP contribution in [0.25, 0.3) is 10.9 Å². The Bertz CT molecular complexity index is 965. The van der Waals surface area contributed by atoms with Crippen LogP contribution in [0.5, 0.6) is 0 Å². The van der Waals surface area contributed by atoms with Gasteiger partial charge in [0.05, 0.1) is 6.42 Å². The van der Waals surface area contributed by atoms with Crippen molar-refractivity contribution in [3.63, 3.8) is 0 Å².